The summed E-state index contributed by atoms with van der Waals surface area (Å²) < 4.78 is 28.7. The number of sulfonamides is 1. The summed E-state index contributed by atoms with van der Waals surface area (Å²) in [5.74, 6) is 0. The lowest BCUT2D eigenvalue weighted by atomic mass is 10.0. The maximum absolute atomic E-state index is 12.9. The number of anilines is 1. The highest BCUT2D eigenvalue weighted by Crippen LogP contribution is 2.36. The van der Waals surface area contributed by atoms with Gasteiger partial charge >= 0.3 is 0 Å². The average Bonchev–Trinajstić information content (AvgIpc) is 2.37. The van der Waals surface area contributed by atoms with Crippen molar-refractivity contribution in [1.29, 1.82) is 0 Å². The second-order valence-electron chi connectivity index (χ2n) is 4.98. The van der Waals surface area contributed by atoms with Crippen molar-refractivity contribution in [2.45, 2.75) is 43.5 Å². The van der Waals surface area contributed by atoms with E-state index in [2.05, 4.69) is 31.9 Å². The third-order valence-electron chi connectivity index (χ3n) is 3.65. The van der Waals surface area contributed by atoms with E-state index in [0.717, 1.165) is 30.2 Å². The van der Waals surface area contributed by atoms with Crippen molar-refractivity contribution in [1.82, 2.24) is 4.31 Å². The van der Waals surface area contributed by atoms with E-state index < -0.39 is 10.0 Å². The minimum absolute atomic E-state index is 0.0729. The molecule has 0 aromatic heterocycles. The third-order valence-corrected chi connectivity index (χ3v) is 7.06. The first kappa shape index (κ1) is 16.3. The van der Waals surface area contributed by atoms with Crippen LogP contribution < -0.4 is 5.73 Å². The summed E-state index contributed by atoms with van der Waals surface area (Å²) in [5.41, 5.74) is 6.21. The van der Waals surface area contributed by atoms with Gasteiger partial charge in [0.2, 0.25) is 10.0 Å². The van der Waals surface area contributed by atoms with Gasteiger partial charge in [-0.1, -0.05) is 29.3 Å². The van der Waals surface area contributed by atoms with E-state index in [1.165, 1.54) is 0 Å². The Morgan fingerprint density at radius 3 is 2.65 bits per heavy atom. The van der Waals surface area contributed by atoms with Gasteiger partial charge in [0, 0.05) is 21.5 Å². The van der Waals surface area contributed by atoms with Crippen molar-refractivity contribution in [3.63, 3.8) is 0 Å². The van der Waals surface area contributed by atoms with E-state index in [4.69, 9.17) is 5.73 Å². The Balaban J connectivity index is 2.49. The van der Waals surface area contributed by atoms with Crippen LogP contribution in [0.25, 0.3) is 0 Å². The number of nitrogens with zero attached hydrogens (tertiary/aromatic N) is 1. The van der Waals surface area contributed by atoms with Gasteiger partial charge in [0.25, 0.3) is 0 Å². The van der Waals surface area contributed by atoms with Crippen molar-refractivity contribution >= 4 is 47.6 Å². The monoisotopic (exact) mass is 424 g/mol. The molecule has 7 heteroatoms. The number of rotatable bonds is 3. The van der Waals surface area contributed by atoms with Gasteiger partial charge < -0.3 is 5.73 Å². The van der Waals surface area contributed by atoms with Gasteiger partial charge in [-0.05, 0) is 47.3 Å². The summed E-state index contributed by atoms with van der Waals surface area (Å²) in [6, 6.07) is 3.42. The molecule has 20 heavy (non-hydrogen) atoms. The lowest BCUT2D eigenvalue weighted by molar-refractivity contribution is 0.246. The summed E-state index contributed by atoms with van der Waals surface area (Å²) in [4.78, 5) is 0.182. The van der Waals surface area contributed by atoms with Crippen LogP contribution in [0.4, 0.5) is 5.69 Å². The quantitative estimate of drug-likeness (QED) is 0.750. The Kier molecular flexibility index (Phi) is 5.15. The first-order valence-electron chi connectivity index (χ1n) is 6.64. The minimum atomic E-state index is -3.56. The van der Waals surface area contributed by atoms with Gasteiger partial charge in [-0.25, -0.2) is 8.42 Å². The average molecular weight is 426 g/mol. The van der Waals surface area contributed by atoms with Crippen LogP contribution in [0.1, 0.15) is 32.6 Å². The molecular weight excluding hydrogens is 408 g/mol. The van der Waals surface area contributed by atoms with Crippen molar-refractivity contribution in [3.8, 4) is 0 Å². The zero-order chi connectivity index (χ0) is 14.9. The number of benzene rings is 1. The molecule has 1 aromatic carbocycles. The molecule has 0 radical (unpaired) electrons. The summed E-state index contributed by atoms with van der Waals surface area (Å²) in [6.07, 6.45) is 3.74. The molecule has 0 aliphatic carbocycles. The Morgan fingerprint density at radius 1 is 1.35 bits per heavy atom. The number of halogens is 2. The van der Waals surface area contributed by atoms with Crippen LogP contribution in [0.3, 0.4) is 0 Å². The van der Waals surface area contributed by atoms with Crippen LogP contribution >= 0.6 is 31.9 Å². The van der Waals surface area contributed by atoms with Gasteiger partial charge in [0.1, 0.15) is 4.90 Å². The minimum Gasteiger partial charge on any atom is -0.398 e. The van der Waals surface area contributed by atoms with Crippen LogP contribution in [0.5, 0.6) is 0 Å². The molecule has 1 unspecified atom stereocenters. The molecule has 0 spiro atoms. The molecule has 1 saturated heterocycles. The predicted molar refractivity (Wildman–Crippen MR) is 88.1 cm³/mol. The number of hydrogen-bond donors (Lipinski definition) is 1. The fourth-order valence-corrected chi connectivity index (χ4v) is 6.45. The Labute approximate surface area is 137 Å². The van der Waals surface area contributed by atoms with E-state index in [1.54, 1.807) is 16.4 Å². The number of nitrogens with two attached hydrogens (primary N) is 1. The Hall–Kier alpha value is -0.110. The SMILES string of the molecule is CCC1CCCCN1S(=O)(=O)c1c(N)cc(Br)cc1Br. The van der Waals surface area contributed by atoms with Gasteiger partial charge in [-0.2, -0.15) is 4.31 Å². The van der Waals surface area contributed by atoms with Crippen molar-refractivity contribution < 1.29 is 8.42 Å². The number of piperidine rings is 1. The molecule has 1 fully saturated rings. The normalized spacial score (nSPS) is 21.1. The highest BCUT2D eigenvalue weighted by atomic mass is 79.9. The van der Waals surface area contributed by atoms with Crippen LogP contribution in [0, 0.1) is 0 Å². The van der Waals surface area contributed by atoms with E-state index in [9.17, 15) is 8.42 Å². The lowest BCUT2D eigenvalue weighted by Gasteiger charge is -2.34. The van der Waals surface area contributed by atoms with Crippen LogP contribution in [0.2, 0.25) is 0 Å². The zero-order valence-corrected chi connectivity index (χ0v) is 15.3. The van der Waals surface area contributed by atoms with Crippen molar-refractivity contribution in [2.75, 3.05) is 12.3 Å². The van der Waals surface area contributed by atoms with Gasteiger partial charge in [0.05, 0.1) is 5.69 Å². The molecule has 0 amide bonds. The maximum atomic E-state index is 12.9. The number of hydrogen-bond acceptors (Lipinski definition) is 3. The molecule has 1 aromatic rings. The molecule has 1 atom stereocenters. The zero-order valence-electron chi connectivity index (χ0n) is 11.3. The number of nitrogen functional groups attached to an aromatic ring is 1. The second-order valence-corrected chi connectivity index (χ2v) is 8.58. The maximum Gasteiger partial charge on any atom is 0.246 e. The summed E-state index contributed by atoms with van der Waals surface area (Å²) in [6.45, 7) is 2.60. The first-order chi connectivity index (χ1) is 9.37. The largest absolute Gasteiger partial charge is 0.398 e. The van der Waals surface area contributed by atoms with Crippen LogP contribution in [0.15, 0.2) is 26.0 Å². The Morgan fingerprint density at radius 2 is 2.05 bits per heavy atom. The molecule has 0 bridgehead atoms. The first-order valence-corrected chi connectivity index (χ1v) is 9.67. The van der Waals surface area contributed by atoms with E-state index in [1.807, 2.05) is 6.92 Å². The highest BCUT2D eigenvalue weighted by Gasteiger charge is 2.35. The second kappa shape index (κ2) is 6.34. The van der Waals surface area contributed by atoms with Crippen LogP contribution in [-0.2, 0) is 10.0 Å². The predicted octanol–water partition coefficient (Wildman–Crippen LogP) is 3.75. The van der Waals surface area contributed by atoms with E-state index in [-0.39, 0.29) is 16.6 Å². The molecule has 0 saturated carbocycles. The van der Waals surface area contributed by atoms with Gasteiger partial charge in [-0.3, -0.25) is 0 Å². The topological polar surface area (TPSA) is 63.4 Å². The van der Waals surface area contributed by atoms with Gasteiger partial charge in [-0.15, -0.1) is 0 Å². The van der Waals surface area contributed by atoms with Crippen molar-refractivity contribution in [3.05, 3.63) is 21.1 Å². The van der Waals surface area contributed by atoms with E-state index >= 15 is 0 Å². The third kappa shape index (κ3) is 3.05. The summed E-state index contributed by atoms with van der Waals surface area (Å²) in [5, 5.41) is 0. The molecule has 1 heterocycles. The molecule has 112 valence electrons. The lowest BCUT2D eigenvalue weighted by Crippen LogP contribution is -2.43. The summed E-state index contributed by atoms with van der Waals surface area (Å²) in [7, 11) is -3.56. The van der Waals surface area contributed by atoms with Crippen molar-refractivity contribution in [2.24, 2.45) is 0 Å². The summed E-state index contributed by atoms with van der Waals surface area (Å²) >= 11 is 6.64. The van der Waals surface area contributed by atoms with Gasteiger partial charge in [0.15, 0.2) is 0 Å². The molecule has 1 aliphatic rings. The standard InChI is InChI=1S/C13H18Br2N2O2S/c1-2-10-5-3-4-6-17(10)20(18,19)13-11(15)7-9(14)8-12(13)16/h7-8,10H,2-6,16H2,1H3. The fraction of sp³-hybridized carbons (Fsp3) is 0.538. The van der Waals surface area contributed by atoms with E-state index in [0.29, 0.717) is 11.0 Å². The highest BCUT2D eigenvalue weighted by molar-refractivity contribution is 9.11. The molecule has 2 rings (SSSR count). The van der Waals surface area contributed by atoms with Crippen LogP contribution in [-0.4, -0.2) is 25.3 Å². The molecule has 4 nitrogen and oxygen atoms in total. The molecule has 2 N–H and O–H groups in total. The fourth-order valence-electron chi connectivity index (χ4n) is 2.67. The smallest absolute Gasteiger partial charge is 0.246 e. The Bertz CT molecular complexity index is 581. The molecule has 1 aliphatic heterocycles. The molecular formula is C13H18Br2N2O2S.